The second-order valence-corrected chi connectivity index (χ2v) is 5.07. The van der Waals surface area contributed by atoms with Crippen molar-refractivity contribution in [3.05, 3.63) is 0 Å². The van der Waals surface area contributed by atoms with Gasteiger partial charge in [-0.15, -0.1) is 0 Å². The van der Waals surface area contributed by atoms with E-state index in [2.05, 4.69) is 0 Å². The van der Waals surface area contributed by atoms with Crippen molar-refractivity contribution in [1.29, 1.82) is 0 Å². The Bertz CT molecular complexity index is 393. The number of ether oxygens (including phenoxy) is 4. The summed E-state index contributed by atoms with van der Waals surface area (Å²) in [5.41, 5.74) is 0. The molecule has 0 spiro atoms. The molecule has 1 fully saturated rings. The van der Waals surface area contributed by atoms with Gasteiger partial charge in [0.05, 0.1) is 12.2 Å². The van der Waals surface area contributed by atoms with Gasteiger partial charge in [0.1, 0.15) is 12.7 Å². The van der Waals surface area contributed by atoms with Gasteiger partial charge >= 0.3 is 17.9 Å². The Morgan fingerprint density at radius 2 is 1.62 bits per heavy atom. The summed E-state index contributed by atoms with van der Waals surface area (Å²) < 4.78 is 21.1. The molecule has 0 saturated carbocycles. The van der Waals surface area contributed by atoms with Crippen LogP contribution in [0.1, 0.15) is 40.5 Å². The third-order valence-electron chi connectivity index (χ3n) is 3.10. The third kappa shape index (κ3) is 6.12. The van der Waals surface area contributed by atoms with Gasteiger partial charge in [-0.2, -0.15) is 0 Å². The zero-order valence-corrected chi connectivity index (χ0v) is 12.8. The second kappa shape index (κ2) is 7.97. The highest BCUT2D eigenvalue weighted by molar-refractivity contribution is 5.67. The van der Waals surface area contributed by atoms with Gasteiger partial charge < -0.3 is 18.9 Å². The van der Waals surface area contributed by atoms with Crippen LogP contribution in [-0.4, -0.2) is 48.9 Å². The topological polar surface area (TPSA) is 88.1 Å². The minimum Gasteiger partial charge on any atom is -0.463 e. The number of rotatable bonds is 4. The summed E-state index contributed by atoms with van der Waals surface area (Å²) in [5, 5.41) is 0. The molecule has 1 rings (SSSR count). The van der Waals surface area contributed by atoms with Crippen molar-refractivity contribution in [2.24, 2.45) is 0 Å². The van der Waals surface area contributed by atoms with Crippen LogP contribution in [0.25, 0.3) is 0 Å². The summed E-state index contributed by atoms with van der Waals surface area (Å²) in [4.78, 5) is 33.3. The molecule has 0 bridgehead atoms. The third-order valence-corrected chi connectivity index (χ3v) is 3.10. The molecule has 7 heteroatoms. The number of hydrogen-bond donors (Lipinski definition) is 0. The van der Waals surface area contributed by atoms with Crippen molar-refractivity contribution in [2.75, 3.05) is 6.61 Å². The lowest BCUT2D eigenvalue weighted by atomic mass is 10.0. The molecule has 0 aromatic rings. The zero-order chi connectivity index (χ0) is 16.0. The summed E-state index contributed by atoms with van der Waals surface area (Å²) in [7, 11) is 0. The van der Waals surface area contributed by atoms with Gasteiger partial charge in [0.2, 0.25) is 0 Å². The van der Waals surface area contributed by atoms with Gasteiger partial charge in [-0.3, -0.25) is 14.4 Å². The molecule has 21 heavy (non-hydrogen) atoms. The average Bonchev–Trinajstić information content (AvgIpc) is 2.48. The van der Waals surface area contributed by atoms with E-state index in [0.717, 1.165) is 0 Å². The predicted octanol–water partition coefficient (Wildman–Crippen LogP) is 0.980. The molecular weight excluding hydrogens is 280 g/mol. The summed E-state index contributed by atoms with van der Waals surface area (Å²) in [6.45, 7) is 5.77. The zero-order valence-electron chi connectivity index (χ0n) is 12.8. The largest absolute Gasteiger partial charge is 0.463 e. The van der Waals surface area contributed by atoms with E-state index in [9.17, 15) is 14.4 Å². The Hall–Kier alpha value is -1.63. The van der Waals surface area contributed by atoms with E-state index in [1.54, 1.807) is 6.92 Å². The van der Waals surface area contributed by atoms with Crippen molar-refractivity contribution >= 4 is 17.9 Å². The van der Waals surface area contributed by atoms with Crippen LogP contribution < -0.4 is 0 Å². The number of carbonyl (C=O) groups excluding carboxylic acids is 3. The van der Waals surface area contributed by atoms with E-state index in [1.165, 1.54) is 20.8 Å². The van der Waals surface area contributed by atoms with Gasteiger partial charge in [-0.1, -0.05) is 0 Å². The number of hydrogen-bond acceptors (Lipinski definition) is 7. The van der Waals surface area contributed by atoms with Gasteiger partial charge in [-0.05, 0) is 19.8 Å². The molecule has 0 N–H and O–H groups in total. The van der Waals surface area contributed by atoms with Crippen LogP contribution in [0, 0.1) is 0 Å². The summed E-state index contributed by atoms with van der Waals surface area (Å²) in [6, 6.07) is 0. The smallest absolute Gasteiger partial charge is 0.303 e. The van der Waals surface area contributed by atoms with Gasteiger partial charge in [-0.25, -0.2) is 0 Å². The fourth-order valence-electron chi connectivity index (χ4n) is 2.30. The van der Waals surface area contributed by atoms with E-state index < -0.39 is 30.3 Å². The van der Waals surface area contributed by atoms with Crippen LogP contribution in [0.3, 0.4) is 0 Å². The van der Waals surface area contributed by atoms with Crippen molar-refractivity contribution < 1.29 is 33.3 Å². The van der Waals surface area contributed by atoms with E-state index in [-0.39, 0.29) is 18.7 Å². The molecule has 1 aliphatic rings. The number of carbonyl (C=O) groups is 3. The molecule has 1 saturated heterocycles. The van der Waals surface area contributed by atoms with Crippen LogP contribution in [0.5, 0.6) is 0 Å². The molecule has 0 unspecified atom stereocenters. The predicted molar refractivity (Wildman–Crippen MR) is 71.3 cm³/mol. The normalized spacial score (nSPS) is 29.1. The molecule has 1 heterocycles. The number of esters is 3. The first-order chi connectivity index (χ1) is 9.79. The van der Waals surface area contributed by atoms with Crippen molar-refractivity contribution in [1.82, 2.24) is 0 Å². The molecule has 7 nitrogen and oxygen atoms in total. The lowest BCUT2D eigenvalue weighted by Gasteiger charge is -2.28. The summed E-state index contributed by atoms with van der Waals surface area (Å²) >= 11 is 0. The highest BCUT2D eigenvalue weighted by Gasteiger charge is 2.37. The van der Waals surface area contributed by atoms with Crippen molar-refractivity contribution in [3.63, 3.8) is 0 Å². The van der Waals surface area contributed by atoms with Crippen LogP contribution in [0.2, 0.25) is 0 Å². The van der Waals surface area contributed by atoms with Crippen molar-refractivity contribution in [2.45, 2.75) is 65.0 Å². The van der Waals surface area contributed by atoms with E-state index in [4.69, 9.17) is 18.9 Å². The highest BCUT2D eigenvalue weighted by atomic mass is 16.6. The Morgan fingerprint density at radius 1 is 1.00 bits per heavy atom. The van der Waals surface area contributed by atoms with E-state index in [1.807, 2.05) is 0 Å². The Labute approximate surface area is 123 Å². The first-order valence-electron chi connectivity index (χ1n) is 6.92. The maximum Gasteiger partial charge on any atom is 0.303 e. The molecule has 0 aromatic carbocycles. The quantitative estimate of drug-likeness (QED) is 0.565. The van der Waals surface area contributed by atoms with Crippen LogP contribution in [0.15, 0.2) is 0 Å². The molecule has 0 radical (unpaired) electrons. The SMILES string of the molecule is CC(=O)OC[C@@H]1CC[C@@H](OC(C)=O)[C@@H](OC(C)=O)[C@H](C)O1. The molecule has 4 atom stereocenters. The molecule has 1 aliphatic heterocycles. The van der Waals surface area contributed by atoms with E-state index in [0.29, 0.717) is 12.8 Å². The molecule has 0 amide bonds. The van der Waals surface area contributed by atoms with Crippen LogP contribution in [0.4, 0.5) is 0 Å². The lowest BCUT2D eigenvalue weighted by molar-refractivity contribution is -0.177. The maximum atomic E-state index is 11.2. The fourth-order valence-corrected chi connectivity index (χ4v) is 2.30. The maximum absolute atomic E-state index is 11.2. The highest BCUT2D eigenvalue weighted by Crippen LogP contribution is 2.25. The minimum atomic E-state index is -0.672. The molecule has 0 aromatic heterocycles. The first kappa shape index (κ1) is 17.4. The summed E-state index contributed by atoms with van der Waals surface area (Å²) in [6.07, 6.45) is -1.03. The van der Waals surface area contributed by atoms with Gasteiger partial charge in [0, 0.05) is 20.8 Å². The minimum absolute atomic E-state index is 0.124. The molecule has 0 aliphatic carbocycles. The standard InChI is InChI=1S/C14H22O7/c1-8-14(21-11(4)17)13(20-10(3)16)6-5-12(19-8)7-18-9(2)15/h8,12-14H,5-7H2,1-4H3/t8-,12-,13+,14-/m0/s1. The molecule has 120 valence electrons. The monoisotopic (exact) mass is 302 g/mol. The average molecular weight is 302 g/mol. The Balaban J connectivity index is 2.75. The lowest BCUT2D eigenvalue weighted by Crippen LogP contribution is -2.41. The fraction of sp³-hybridized carbons (Fsp3) is 0.786. The Kier molecular flexibility index (Phi) is 6.61. The molecular formula is C14H22O7. The summed E-state index contributed by atoms with van der Waals surface area (Å²) in [5.74, 6) is -1.29. The van der Waals surface area contributed by atoms with Crippen LogP contribution in [-0.2, 0) is 33.3 Å². The van der Waals surface area contributed by atoms with Gasteiger partial charge in [0.25, 0.3) is 0 Å². The first-order valence-corrected chi connectivity index (χ1v) is 6.92. The Morgan fingerprint density at radius 3 is 2.14 bits per heavy atom. The van der Waals surface area contributed by atoms with Crippen molar-refractivity contribution in [3.8, 4) is 0 Å². The van der Waals surface area contributed by atoms with Crippen LogP contribution >= 0.6 is 0 Å². The van der Waals surface area contributed by atoms with Gasteiger partial charge in [0.15, 0.2) is 6.10 Å². The van der Waals surface area contributed by atoms with E-state index >= 15 is 0 Å². The second-order valence-electron chi connectivity index (χ2n) is 5.07.